The first kappa shape index (κ1) is 10.6. The Kier molecular flexibility index (Phi) is 3.17. The monoisotopic (exact) mass is 194 g/mol. The summed E-state index contributed by atoms with van der Waals surface area (Å²) in [6.45, 7) is 5.62. The van der Waals surface area contributed by atoms with Crippen LogP contribution in [0.25, 0.3) is 0 Å². The molecular formula is C10H14N2O2. The predicted octanol–water partition coefficient (Wildman–Crippen LogP) is 1.82. The number of ether oxygens (including phenoxy) is 1. The molecule has 1 rings (SSSR count). The molecule has 0 aliphatic carbocycles. The van der Waals surface area contributed by atoms with Crippen LogP contribution in [0.3, 0.4) is 0 Å². The average Bonchev–Trinajstić information content (AvgIpc) is 2.19. The molecule has 76 valence electrons. The molecule has 0 unspecified atom stereocenters. The second-order valence-electron chi connectivity index (χ2n) is 3.67. The van der Waals surface area contributed by atoms with Crippen molar-refractivity contribution in [2.75, 3.05) is 0 Å². The number of rotatable bonds is 3. The highest BCUT2D eigenvalue weighted by molar-refractivity contribution is 5.77. The Bertz CT molecular complexity index is 309. The van der Waals surface area contributed by atoms with Crippen LogP contribution in [0, 0.1) is 5.41 Å². The summed E-state index contributed by atoms with van der Waals surface area (Å²) in [7, 11) is 0. The van der Waals surface area contributed by atoms with E-state index >= 15 is 0 Å². The molecule has 0 bridgehead atoms. The molecular weight excluding hydrogens is 180 g/mol. The topological polar surface area (TPSA) is 52.1 Å². The van der Waals surface area contributed by atoms with Gasteiger partial charge in [0.05, 0.1) is 11.6 Å². The van der Waals surface area contributed by atoms with E-state index in [2.05, 4.69) is 9.97 Å². The van der Waals surface area contributed by atoms with Gasteiger partial charge in [-0.15, -0.1) is 0 Å². The number of hydrogen-bond acceptors (Lipinski definition) is 4. The molecule has 0 radical (unpaired) electrons. The summed E-state index contributed by atoms with van der Waals surface area (Å²) in [6.07, 6.45) is 5.17. The van der Waals surface area contributed by atoms with Crippen molar-refractivity contribution in [3.8, 4) is 5.88 Å². The Hall–Kier alpha value is -1.45. The minimum absolute atomic E-state index is 0.249. The second-order valence-corrected chi connectivity index (χ2v) is 3.67. The second kappa shape index (κ2) is 4.17. The first-order valence-electron chi connectivity index (χ1n) is 4.54. The molecule has 0 N–H and O–H groups in total. The standard InChI is InChI=1S/C10H14N2O2/c1-4-10(2,3)9(13)14-8-7-11-5-6-12-8/h5-7H,4H2,1-3H3. The maximum atomic E-state index is 11.6. The lowest BCUT2D eigenvalue weighted by atomic mass is 9.91. The maximum absolute atomic E-state index is 11.6. The van der Waals surface area contributed by atoms with E-state index in [1.807, 2.05) is 20.8 Å². The summed E-state index contributed by atoms with van der Waals surface area (Å²) in [4.78, 5) is 19.2. The average molecular weight is 194 g/mol. The van der Waals surface area contributed by atoms with Gasteiger partial charge in [0.2, 0.25) is 5.88 Å². The van der Waals surface area contributed by atoms with Crippen LogP contribution >= 0.6 is 0 Å². The fourth-order valence-corrected chi connectivity index (χ4v) is 0.716. The number of esters is 1. The molecule has 4 nitrogen and oxygen atoms in total. The van der Waals surface area contributed by atoms with Gasteiger partial charge < -0.3 is 4.74 Å². The zero-order chi connectivity index (χ0) is 10.6. The van der Waals surface area contributed by atoms with Crippen LogP contribution < -0.4 is 4.74 Å². The molecule has 0 aromatic carbocycles. The first-order chi connectivity index (χ1) is 6.56. The Morgan fingerprint density at radius 2 is 2.21 bits per heavy atom. The van der Waals surface area contributed by atoms with E-state index in [0.29, 0.717) is 0 Å². The molecule has 0 fully saturated rings. The minimum atomic E-state index is -0.475. The minimum Gasteiger partial charge on any atom is -0.405 e. The van der Waals surface area contributed by atoms with E-state index < -0.39 is 5.41 Å². The number of nitrogens with zero attached hydrogens (tertiary/aromatic N) is 2. The zero-order valence-electron chi connectivity index (χ0n) is 8.65. The van der Waals surface area contributed by atoms with Crippen LogP contribution in [-0.2, 0) is 4.79 Å². The third-order valence-electron chi connectivity index (χ3n) is 2.17. The number of carbonyl (C=O) groups excluding carboxylic acids is 1. The Morgan fingerprint density at radius 3 is 2.71 bits per heavy atom. The molecule has 0 saturated carbocycles. The van der Waals surface area contributed by atoms with Crippen molar-refractivity contribution in [1.29, 1.82) is 0 Å². The number of carbonyl (C=O) groups is 1. The molecule has 0 spiro atoms. The SMILES string of the molecule is CCC(C)(C)C(=O)Oc1cnccn1. The lowest BCUT2D eigenvalue weighted by Gasteiger charge is -2.19. The lowest BCUT2D eigenvalue weighted by molar-refractivity contribution is -0.144. The van der Waals surface area contributed by atoms with Gasteiger partial charge in [0.15, 0.2) is 0 Å². The summed E-state index contributed by atoms with van der Waals surface area (Å²) in [5.74, 6) is -0.0282. The van der Waals surface area contributed by atoms with Crippen LogP contribution in [0.5, 0.6) is 5.88 Å². The molecule has 4 heteroatoms. The molecule has 14 heavy (non-hydrogen) atoms. The first-order valence-corrected chi connectivity index (χ1v) is 4.54. The van der Waals surface area contributed by atoms with E-state index in [0.717, 1.165) is 6.42 Å². The van der Waals surface area contributed by atoms with Gasteiger partial charge in [-0.25, -0.2) is 4.98 Å². The Balaban J connectivity index is 2.67. The summed E-state index contributed by atoms with van der Waals surface area (Å²) < 4.78 is 5.06. The quantitative estimate of drug-likeness (QED) is 0.689. The van der Waals surface area contributed by atoms with E-state index in [4.69, 9.17) is 4.74 Å². The Morgan fingerprint density at radius 1 is 1.50 bits per heavy atom. The van der Waals surface area contributed by atoms with E-state index in [-0.39, 0.29) is 11.8 Å². The van der Waals surface area contributed by atoms with E-state index in [9.17, 15) is 4.79 Å². The van der Waals surface area contributed by atoms with Gasteiger partial charge in [0.25, 0.3) is 0 Å². The van der Waals surface area contributed by atoms with Gasteiger partial charge in [-0.1, -0.05) is 6.92 Å². The fourth-order valence-electron chi connectivity index (χ4n) is 0.716. The third-order valence-corrected chi connectivity index (χ3v) is 2.17. The molecule has 0 amide bonds. The largest absolute Gasteiger partial charge is 0.405 e. The van der Waals surface area contributed by atoms with Gasteiger partial charge in [-0.2, -0.15) is 0 Å². The molecule has 0 aliphatic rings. The number of hydrogen-bond donors (Lipinski definition) is 0. The van der Waals surface area contributed by atoms with Gasteiger partial charge >= 0.3 is 5.97 Å². The van der Waals surface area contributed by atoms with Crippen molar-refractivity contribution in [3.63, 3.8) is 0 Å². The highest BCUT2D eigenvalue weighted by atomic mass is 16.5. The lowest BCUT2D eigenvalue weighted by Crippen LogP contribution is -2.28. The van der Waals surface area contributed by atoms with Crippen molar-refractivity contribution >= 4 is 5.97 Å². The normalized spacial score (nSPS) is 11.1. The van der Waals surface area contributed by atoms with Gasteiger partial charge in [0, 0.05) is 12.4 Å². The molecule has 1 heterocycles. The molecule has 0 aliphatic heterocycles. The summed E-state index contributed by atoms with van der Waals surface area (Å²) in [6, 6.07) is 0. The maximum Gasteiger partial charge on any atom is 0.318 e. The third kappa shape index (κ3) is 2.52. The van der Waals surface area contributed by atoms with Crippen LogP contribution in [0.4, 0.5) is 0 Å². The van der Waals surface area contributed by atoms with Crippen molar-refractivity contribution in [2.45, 2.75) is 27.2 Å². The van der Waals surface area contributed by atoms with Crippen molar-refractivity contribution in [1.82, 2.24) is 9.97 Å². The van der Waals surface area contributed by atoms with E-state index in [1.54, 1.807) is 0 Å². The summed E-state index contributed by atoms with van der Waals surface area (Å²) >= 11 is 0. The van der Waals surface area contributed by atoms with Crippen LogP contribution in [0.2, 0.25) is 0 Å². The van der Waals surface area contributed by atoms with Crippen molar-refractivity contribution < 1.29 is 9.53 Å². The van der Waals surface area contributed by atoms with E-state index in [1.165, 1.54) is 18.6 Å². The zero-order valence-corrected chi connectivity index (χ0v) is 8.65. The van der Waals surface area contributed by atoms with Crippen molar-refractivity contribution in [3.05, 3.63) is 18.6 Å². The fraction of sp³-hybridized carbons (Fsp3) is 0.500. The summed E-state index contributed by atoms with van der Waals surface area (Å²) in [5, 5.41) is 0. The number of aromatic nitrogens is 2. The van der Waals surface area contributed by atoms with Gasteiger partial charge in [-0.05, 0) is 20.3 Å². The van der Waals surface area contributed by atoms with Crippen molar-refractivity contribution in [2.24, 2.45) is 5.41 Å². The molecule has 0 saturated heterocycles. The smallest absolute Gasteiger partial charge is 0.318 e. The van der Waals surface area contributed by atoms with Gasteiger partial charge in [0.1, 0.15) is 0 Å². The van der Waals surface area contributed by atoms with Crippen LogP contribution in [0.15, 0.2) is 18.6 Å². The Labute approximate surface area is 83.3 Å². The van der Waals surface area contributed by atoms with Crippen LogP contribution in [-0.4, -0.2) is 15.9 Å². The molecule has 1 aromatic heterocycles. The molecule has 1 aromatic rings. The van der Waals surface area contributed by atoms with Crippen LogP contribution in [0.1, 0.15) is 27.2 Å². The predicted molar refractivity (Wildman–Crippen MR) is 51.7 cm³/mol. The van der Waals surface area contributed by atoms with Gasteiger partial charge in [-0.3, -0.25) is 9.78 Å². The summed E-state index contributed by atoms with van der Waals surface area (Å²) in [5.41, 5.74) is -0.475. The highest BCUT2D eigenvalue weighted by Crippen LogP contribution is 2.22. The highest BCUT2D eigenvalue weighted by Gasteiger charge is 2.27. The molecule has 0 atom stereocenters.